The summed E-state index contributed by atoms with van der Waals surface area (Å²) in [7, 11) is 0. The van der Waals surface area contributed by atoms with Gasteiger partial charge >= 0.3 is 0 Å². The van der Waals surface area contributed by atoms with Crippen molar-refractivity contribution in [2.24, 2.45) is 0 Å². The number of hydrogen-bond donors (Lipinski definition) is 1. The van der Waals surface area contributed by atoms with Crippen LogP contribution >= 0.6 is 28.1 Å². The number of rotatable bonds is 0. The number of hydrogen-bond acceptors (Lipinski definition) is 1. The lowest BCUT2D eigenvalue weighted by Crippen LogP contribution is -2.09. The lowest BCUT2D eigenvalue weighted by Gasteiger charge is -2.13. The normalized spacial score (nSPS) is 16.5. The molecule has 60 valence electrons. The van der Waals surface area contributed by atoms with E-state index in [1.165, 1.54) is 18.5 Å². The molecular formula is C7H9BrN2S. The predicted octanol–water partition coefficient (Wildman–Crippen LogP) is 2.64. The van der Waals surface area contributed by atoms with E-state index >= 15 is 0 Å². The van der Waals surface area contributed by atoms with E-state index < -0.39 is 0 Å². The van der Waals surface area contributed by atoms with Crippen LogP contribution in [0.1, 0.15) is 18.5 Å². The zero-order valence-electron chi connectivity index (χ0n) is 6.06. The van der Waals surface area contributed by atoms with Gasteiger partial charge in [-0.1, -0.05) is 0 Å². The highest BCUT2D eigenvalue weighted by atomic mass is 79.9. The zero-order chi connectivity index (χ0) is 7.84. The third-order valence-corrected chi connectivity index (χ3v) is 3.06. The van der Waals surface area contributed by atoms with E-state index in [9.17, 15) is 0 Å². The minimum absolute atomic E-state index is 0.853. The Morgan fingerprint density at radius 2 is 2.27 bits per heavy atom. The predicted molar refractivity (Wildman–Crippen MR) is 50.3 cm³/mol. The summed E-state index contributed by atoms with van der Waals surface area (Å²) < 4.78 is 4.11. The van der Waals surface area contributed by atoms with Crippen molar-refractivity contribution in [3.8, 4) is 0 Å². The molecule has 1 aliphatic rings. The number of imidazole rings is 1. The molecule has 0 atom stereocenters. The molecule has 0 spiro atoms. The number of halogens is 1. The fourth-order valence-electron chi connectivity index (χ4n) is 1.52. The minimum Gasteiger partial charge on any atom is -0.325 e. The van der Waals surface area contributed by atoms with E-state index in [2.05, 4.69) is 25.5 Å². The lowest BCUT2D eigenvalue weighted by atomic mass is 10.1. The van der Waals surface area contributed by atoms with E-state index in [1.54, 1.807) is 0 Å². The molecule has 1 aliphatic heterocycles. The van der Waals surface area contributed by atoms with Crippen LogP contribution in [0.4, 0.5) is 0 Å². The monoisotopic (exact) mass is 232 g/mol. The van der Waals surface area contributed by atoms with Crippen LogP contribution in [0.5, 0.6) is 0 Å². The summed E-state index contributed by atoms with van der Waals surface area (Å²) in [5.74, 6) is 0. The third kappa shape index (κ3) is 1.18. The van der Waals surface area contributed by atoms with Crippen LogP contribution in [0, 0.1) is 4.77 Å². The number of nitrogens with zero attached hydrogens (tertiary/aromatic N) is 1. The van der Waals surface area contributed by atoms with Crippen LogP contribution in [-0.4, -0.2) is 9.55 Å². The van der Waals surface area contributed by atoms with Gasteiger partial charge < -0.3 is 9.55 Å². The van der Waals surface area contributed by atoms with Gasteiger partial charge in [-0.15, -0.1) is 0 Å². The molecule has 2 heterocycles. The molecule has 4 heteroatoms. The van der Waals surface area contributed by atoms with Crippen LogP contribution < -0.4 is 0 Å². The highest BCUT2D eigenvalue weighted by Gasteiger charge is 2.13. The first kappa shape index (κ1) is 7.55. The third-order valence-electron chi connectivity index (χ3n) is 2.09. The molecule has 11 heavy (non-hydrogen) atoms. The van der Waals surface area contributed by atoms with Gasteiger partial charge in [-0.2, -0.15) is 0 Å². The second-order valence-electron chi connectivity index (χ2n) is 2.80. The molecule has 0 amide bonds. The van der Waals surface area contributed by atoms with Gasteiger partial charge in [0.2, 0.25) is 0 Å². The van der Waals surface area contributed by atoms with Gasteiger partial charge in [-0.25, -0.2) is 0 Å². The Morgan fingerprint density at radius 3 is 3.00 bits per heavy atom. The number of H-pyrrole nitrogens is 1. The first-order valence-electron chi connectivity index (χ1n) is 3.76. The summed E-state index contributed by atoms with van der Waals surface area (Å²) in [6, 6.07) is 0. The summed E-state index contributed by atoms with van der Waals surface area (Å²) >= 11 is 8.60. The van der Waals surface area contributed by atoms with Gasteiger partial charge in [0.05, 0.1) is 5.69 Å². The highest BCUT2D eigenvalue weighted by molar-refractivity contribution is 9.10. The van der Waals surface area contributed by atoms with Gasteiger partial charge in [0.15, 0.2) is 4.77 Å². The lowest BCUT2D eigenvalue weighted by molar-refractivity contribution is 0.526. The topological polar surface area (TPSA) is 20.7 Å². The molecule has 0 radical (unpaired) electrons. The Hall–Kier alpha value is -0.0900. The number of aromatic nitrogens is 2. The second-order valence-corrected chi connectivity index (χ2v) is 3.98. The highest BCUT2D eigenvalue weighted by Crippen LogP contribution is 2.22. The van der Waals surface area contributed by atoms with Crippen molar-refractivity contribution in [3.63, 3.8) is 0 Å². The Morgan fingerprint density at radius 1 is 1.45 bits per heavy atom. The molecule has 2 rings (SSSR count). The van der Waals surface area contributed by atoms with Crippen molar-refractivity contribution in [1.29, 1.82) is 0 Å². The molecule has 2 nitrogen and oxygen atoms in total. The quantitative estimate of drug-likeness (QED) is 0.683. The molecule has 1 aromatic heterocycles. The standard InChI is InChI=1S/C7H9BrN2S/c8-6-5-3-1-2-4-10(5)7(11)9-6/h1-4H2,(H,9,11). The first-order chi connectivity index (χ1) is 5.29. The van der Waals surface area contributed by atoms with E-state index in [-0.39, 0.29) is 0 Å². The molecule has 0 unspecified atom stereocenters. The van der Waals surface area contributed by atoms with Crippen molar-refractivity contribution < 1.29 is 0 Å². The van der Waals surface area contributed by atoms with E-state index in [4.69, 9.17) is 12.2 Å². The van der Waals surface area contributed by atoms with Crippen molar-refractivity contribution in [2.75, 3.05) is 0 Å². The fraction of sp³-hybridized carbons (Fsp3) is 0.571. The van der Waals surface area contributed by atoms with Crippen molar-refractivity contribution in [1.82, 2.24) is 9.55 Å². The van der Waals surface area contributed by atoms with E-state index in [0.29, 0.717) is 0 Å². The zero-order valence-corrected chi connectivity index (χ0v) is 8.46. The number of fused-ring (bicyclic) bond motifs is 1. The Bertz CT molecular complexity index is 326. The number of aromatic amines is 1. The Labute approximate surface area is 78.8 Å². The summed E-state index contributed by atoms with van der Waals surface area (Å²) in [4.78, 5) is 3.11. The molecular weight excluding hydrogens is 224 g/mol. The summed E-state index contributed by atoms with van der Waals surface area (Å²) in [5.41, 5.74) is 1.33. The summed E-state index contributed by atoms with van der Waals surface area (Å²) in [5, 5.41) is 0. The van der Waals surface area contributed by atoms with Crippen LogP contribution in [0.2, 0.25) is 0 Å². The average Bonchev–Trinajstić information content (AvgIpc) is 2.30. The first-order valence-corrected chi connectivity index (χ1v) is 4.96. The molecule has 0 saturated heterocycles. The maximum atomic E-state index is 5.14. The smallest absolute Gasteiger partial charge is 0.178 e. The molecule has 1 aromatic rings. The van der Waals surface area contributed by atoms with Gasteiger partial charge in [0.1, 0.15) is 4.60 Å². The van der Waals surface area contributed by atoms with Crippen molar-refractivity contribution >= 4 is 28.1 Å². The van der Waals surface area contributed by atoms with Gasteiger partial charge in [0.25, 0.3) is 0 Å². The van der Waals surface area contributed by atoms with Crippen LogP contribution in [0.15, 0.2) is 4.60 Å². The molecule has 0 bridgehead atoms. The van der Waals surface area contributed by atoms with Crippen LogP contribution in [-0.2, 0) is 13.0 Å². The fourth-order valence-corrected chi connectivity index (χ4v) is 2.55. The van der Waals surface area contributed by atoms with Crippen molar-refractivity contribution in [3.05, 3.63) is 15.1 Å². The number of nitrogens with one attached hydrogen (secondary N) is 1. The largest absolute Gasteiger partial charge is 0.325 e. The van der Waals surface area contributed by atoms with E-state index in [0.717, 1.165) is 22.3 Å². The van der Waals surface area contributed by atoms with Gasteiger partial charge in [0, 0.05) is 6.54 Å². The minimum atomic E-state index is 0.853. The maximum absolute atomic E-state index is 5.14. The Balaban J connectivity index is 2.61. The van der Waals surface area contributed by atoms with Gasteiger partial charge in [-0.3, -0.25) is 0 Å². The van der Waals surface area contributed by atoms with E-state index in [1.807, 2.05) is 0 Å². The Kier molecular flexibility index (Phi) is 1.89. The SMILES string of the molecule is S=c1[nH]c(Br)c2n1CCCC2. The maximum Gasteiger partial charge on any atom is 0.178 e. The summed E-state index contributed by atoms with van der Waals surface area (Å²) in [6.45, 7) is 1.08. The van der Waals surface area contributed by atoms with Crippen LogP contribution in [0.3, 0.4) is 0 Å². The van der Waals surface area contributed by atoms with Crippen molar-refractivity contribution in [2.45, 2.75) is 25.8 Å². The summed E-state index contributed by atoms with van der Waals surface area (Å²) in [6.07, 6.45) is 3.69. The van der Waals surface area contributed by atoms with Crippen LogP contribution in [0.25, 0.3) is 0 Å². The molecule has 1 N–H and O–H groups in total. The molecule has 0 fully saturated rings. The second kappa shape index (κ2) is 2.75. The van der Waals surface area contributed by atoms with Gasteiger partial charge in [-0.05, 0) is 47.4 Å². The molecule has 0 aromatic carbocycles. The molecule has 0 saturated carbocycles. The average molecular weight is 233 g/mol. The molecule has 0 aliphatic carbocycles.